The van der Waals surface area contributed by atoms with Crippen LogP contribution in [0.4, 0.5) is 0 Å². The van der Waals surface area contributed by atoms with Crippen LogP contribution in [0.2, 0.25) is 0 Å². The quantitative estimate of drug-likeness (QED) is 0.0329. The summed E-state index contributed by atoms with van der Waals surface area (Å²) in [7, 11) is 0. The van der Waals surface area contributed by atoms with Crippen molar-refractivity contribution in [3.63, 3.8) is 0 Å². The number of aliphatic hydroxyl groups excluding tert-OH is 2. The summed E-state index contributed by atoms with van der Waals surface area (Å²) in [6, 6.07) is 0.0911. The molecular weight excluding hydrogens is 963 g/mol. The number of phenolic OH excluding ortho intramolecular Hbond substituents is 1. The molecule has 21 heteroatoms. The standard InChI is InChI=1S/C54H95N11O10/c1-6-36(3)33-37(4)17-12-10-8-9-11-13-21-46(69)59-35-47(70)60-41(7-2)53(74)64-31-15-19-43(64)50(71)62-48(45(68)34-39-22-24-40(67)25-23-39)52(73)61-42(18-14-26-55)54(75)65-32-16-20-44(65)51(72)63-49(38(5)66)58-30-29-57-28-27-56/h22-25,36-38,41-45,48-49,57-58,66-68H,6-21,26-35,55-56H2,1-5H3,(H,59,69)(H,60,70)(H,61,73)(H,62,71)(H,63,72)/t36?,37?,38-,41?,42?,43?,44?,45-,48?,49?/m1/s1. The van der Waals surface area contributed by atoms with E-state index in [1.807, 2.05) is 0 Å². The first kappa shape index (κ1) is 64.4. The molecule has 21 nitrogen and oxygen atoms in total. The first-order valence-electron chi connectivity index (χ1n) is 28.0. The van der Waals surface area contributed by atoms with Crippen LogP contribution in [0, 0.1) is 11.8 Å². The van der Waals surface area contributed by atoms with Crippen LogP contribution < -0.4 is 48.7 Å². The van der Waals surface area contributed by atoms with Crippen molar-refractivity contribution >= 4 is 41.4 Å². The second kappa shape index (κ2) is 35.4. The van der Waals surface area contributed by atoms with Crippen molar-refractivity contribution < 1.29 is 48.9 Å². The highest BCUT2D eigenvalue weighted by molar-refractivity contribution is 5.97. The Hall–Kier alpha value is -4.93. The summed E-state index contributed by atoms with van der Waals surface area (Å²) >= 11 is 0. The number of hydrogen-bond donors (Lipinski definition) is 12. The Bertz CT molecular complexity index is 1890. The molecule has 1 aromatic carbocycles. The minimum absolute atomic E-state index is 0.0176. The lowest BCUT2D eigenvalue weighted by Gasteiger charge is -2.33. The second-order valence-corrected chi connectivity index (χ2v) is 20.8. The number of nitrogens with one attached hydrogen (secondary N) is 7. The molecule has 2 aliphatic rings. The predicted molar refractivity (Wildman–Crippen MR) is 288 cm³/mol. The van der Waals surface area contributed by atoms with Gasteiger partial charge in [-0.1, -0.05) is 84.8 Å². The number of benzene rings is 1. The van der Waals surface area contributed by atoms with Gasteiger partial charge in [-0.25, -0.2) is 0 Å². The molecule has 0 spiro atoms. The molecule has 2 aliphatic heterocycles. The summed E-state index contributed by atoms with van der Waals surface area (Å²) in [6.45, 7) is 12.4. The van der Waals surface area contributed by atoms with Crippen molar-refractivity contribution in [3.8, 4) is 5.75 Å². The number of nitrogens with two attached hydrogens (primary N) is 2. The number of rotatable bonds is 37. The molecule has 0 radical (unpaired) electrons. The Kier molecular flexibility index (Phi) is 30.4. The average Bonchev–Trinajstić information content (AvgIpc) is 4.10. The number of aliphatic hydroxyl groups is 2. The number of unbranched alkanes of at least 4 members (excludes halogenated alkanes) is 5. The van der Waals surface area contributed by atoms with E-state index >= 15 is 0 Å². The van der Waals surface area contributed by atoms with Gasteiger partial charge in [-0.05, 0) is 101 Å². The van der Waals surface area contributed by atoms with Crippen LogP contribution in [-0.2, 0) is 40.0 Å². The summed E-state index contributed by atoms with van der Waals surface area (Å²) < 4.78 is 0. The van der Waals surface area contributed by atoms with Crippen LogP contribution >= 0.6 is 0 Å². The minimum atomic E-state index is -1.64. The van der Waals surface area contributed by atoms with Gasteiger partial charge in [0.1, 0.15) is 42.1 Å². The van der Waals surface area contributed by atoms with Crippen LogP contribution in [0.15, 0.2) is 24.3 Å². The van der Waals surface area contributed by atoms with Crippen molar-refractivity contribution in [1.82, 2.24) is 47.0 Å². The maximum atomic E-state index is 14.4. The molecule has 75 heavy (non-hydrogen) atoms. The molecule has 0 bridgehead atoms. The van der Waals surface area contributed by atoms with E-state index in [9.17, 15) is 48.9 Å². The zero-order valence-corrected chi connectivity index (χ0v) is 45.7. The number of carbonyl (C=O) groups excluding carboxylic acids is 7. The Morgan fingerprint density at radius 2 is 1.28 bits per heavy atom. The van der Waals surface area contributed by atoms with Crippen molar-refractivity contribution in [2.24, 2.45) is 23.3 Å². The lowest BCUT2D eigenvalue weighted by molar-refractivity contribution is -0.144. The fraction of sp³-hybridized carbons (Fsp3) is 0.759. The number of carbonyl (C=O) groups is 7. The zero-order valence-electron chi connectivity index (χ0n) is 45.7. The van der Waals surface area contributed by atoms with Crippen molar-refractivity contribution in [3.05, 3.63) is 29.8 Å². The highest BCUT2D eigenvalue weighted by Gasteiger charge is 2.42. The number of likely N-dealkylation sites (tertiary alicyclic amines) is 2. The van der Waals surface area contributed by atoms with Crippen LogP contribution in [0.25, 0.3) is 0 Å². The topological polar surface area (TPSA) is 323 Å². The van der Waals surface area contributed by atoms with E-state index in [1.54, 1.807) is 19.1 Å². The summed E-state index contributed by atoms with van der Waals surface area (Å²) in [6.07, 6.45) is 8.86. The van der Waals surface area contributed by atoms with E-state index < -0.39 is 84.0 Å². The maximum absolute atomic E-state index is 14.4. The molecule has 7 amide bonds. The SMILES string of the molecule is CCC(C)CC(C)CCCCCCCCC(=O)NCC(=O)NC(CC)C(=O)N1CCCC1C(=O)NC(C(=O)NC(CCCN)C(=O)N1CCCC1C(=O)NC(NCCNCCN)[C@@H](C)O)[C@H](O)Cc1ccc(O)cc1. The largest absolute Gasteiger partial charge is 0.508 e. The first-order chi connectivity index (χ1) is 35.9. The predicted octanol–water partition coefficient (Wildman–Crippen LogP) is 1.15. The van der Waals surface area contributed by atoms with Gasteiger partial charge in [0, 0.05) is 52.1 Å². The third-order valence-electron chi connectivity index (χ3n) is 14.4. The van der Waals surface area contributed by atoms with Crippen molar-refractivity contribution in [1.29, 1.82) is 0 Å². The van der Waals surface area contributed by atoms with Gasteiger partial charge in [-0.15, -0.1) is 0 Å². The lowest BCUT2D eigenvalue weighted by Crippen LogP contribution is -2.62. The van der Waals surface area contributed by atoms with Crippen LogP contribution in [0.5, 0.6) is 5.75 Å². The van der Waals surface area contributed by atoms with E-state index in [4.69, 9.17) is 11.5 Å². The van der Waals surface area contributed by atoms with Gasteiger partial charge in [0.15, 0.2) is 0 Å². The van der Waals surface area contributed by atoms with Crippen LogP contribution in [-0.4, -0.2) is 167 Å². The Labute approximate surface area is 445 Å². The van der Waals surface area contributed by atoms with Crippen LogP contribution in [0.1, 0.15) is 149 Å². The average molecular weight is 1060 g/mol. The number of aromatic hydroxyl groups is 1. The molecule has 426 valence electrons. The molecule has 10 atom stereocenters. The van der Waals surface area contributed by atoms with Gasteiger partial charge in [-0.2, -0.15) is 0 Å². The third kappa shape index (κ3) is 23.1. The van der Waals surface area contributed by atoms with Gasteiger partial charge in [-0.3, -0.25) is 38.9 Å². The lowest BCUT2D eigenvalue weighted by atomic mass is 9.91. The fourth-order valence-electron chi connectivity index (χ4n) is 9.87. The molecule has 0 aromatic heterocycles. The molecule has 2 heterocycles. The zero-order chi connectivity index (χ0) is 55.3. The normalized spacial score (nSPS) is 18.7. The molecule has 8 unspecified atom stereocenters. The Balaban J connectivity index is 1.65. The third-order valence-corrected chi connectivity index (χ3v) is 14.4. The monoisotopic (exact) mass is 1060 g/mol. The summed E-state index contributed by atoms with van der Waals surface area (Å²) in [5.41, 5.74) is 11.9. The van der Waals surface area contributed by atoms with Gasteiger partial charge in [0.2, 0.25) is 41.4 Å². The number of amides is 7. The number of nitrogens with zero attached hydrogens (tertiary/aromatic N) is 2. The minimum Gasteiger partial charge on any atom is -0.508 e. The molecular formula is C54H95N11O10. The molecule has 2 fully saturated rings. The van der Waals surface area contributed by atoms with Gasteiger partial charge in [0.05, 0.1) is 18.8 Å². The highest BCUT2D eigenvalue weighted by Crippen LogP contribution is 2.24. The smallest absolute Gasteiger partial charge is 0.245 e. The van der Waals surface area contributed by atoms with Crippen molar-refractivity contribution in [2.75, 3.05) is 52.4 Å². The molecule has 1 aromatic rings. The first-order valence-corrected chi connectivity index (χ1v) is 28.0. The van der Waals surface area contributed by atoms with Gasteiger partial charge < -0.3 is 68.5 Å². The van der Waals surface area contributed by atoms with Crippen molar-refractivity contribution in [2.45, 2.75) is 199 Å². The maximum Gasteiger partial charge on any atom is 0.245 e. The number of phenols is 1. The summed E-state index contributed by atoms with van der Waals surface area (Å²) in [4.78, 5) is 99.2. The van der Waals surface area contributed by atoms with Gasteiger partial charge in [0.25, 0.3) is 0 Å². The van der Waals surface area contributed by atoms with Gasteiger partial charge >= 0.3 is 0 Å². The molecule has 2 saturated heterocycles. The summed E-state index contributed by atoms with van der Waals surface area (Å²) in [5.74, 6) is -2.50. The molecule has 0 aliphatic carbocycles. The second-order valence-electron chi connectivity index (χ2n) is 20.8. The van der Waals surface area contributed by atoms with E-state index in [0.717, 1.165) is 37.5 Å². The fourth-order valence-corrected chi connectivity index (χ4v) is 9.87. The van der Waals surface area contributed by atoms with E-state index in [0.29, 0.717) is 63.8 Å². The molecule has 3 rings (SSSR count). The van der Waals surface area contributed by atoms with Crippen LogP contribution in [0.3, 0.4) is 0 Å². The Morgan fingerprint density at radius 1 is 0.667 bits per heavy atom. The van der Waals surface area contributed by atoms with E-state index in [1.165, 1.54) is 61.0 Å². The number of hydrogen-bond acceptors (Lipinski definition) is 14. The molecule has 14 N–H and O–H groups in total. The molecule has 0 saturated carbocycles. The summed E-state index contributed by atoms with van der Waals surface area (Å²) in [5, 5.41) is 51.9. The van der Waals surface area contributed by atoms with E-state index in [-0.39, 0.29) is 63.5 Å². The highest BCUT2D eigenvalue weighted by atomic mass is 16.3. The van der Waals surface area contributed by atoms with E-state index in [2.05, 4.69) is 58.0 Å². The Morgan fingerprint density at radius 3 is 1.88 bits per heavy atom.